The second-order valence-electron chi connectivity index (χ2n) is 7.64. The summed E-state index contributed by atoms with van der Waals surface area (Å²) in [5, 5.41) is 0. The normalized spacial score (nSPS) is 18.3. The van der Waals surface area contributed by atoms with E-state index >= 15 is 0 Å². The van der Waals surface area contributed by atoms with Gasteiger partial charge in [0.2, 0.25) is 0 Å². The predicted molar refractivity (Wildman–Crippen MR) is 123 cm³/mol. The molecule has 0 saturated heterocycles. The first kappa shape index (κ1) is 18.4. The van der Waals surface area contributed by atoms with Crippen LogP contribution in [0, 0.1) is 0 Å². The molecular formula is C28H24N2. The molecule has 5 rings (SSSR count). The third-order valence-electron chi connectivity index (χ3n) is 5.68. The summed E-state index contributed by atoms with van der Waals surface area (Å²) < 4.78 is 0. The van der Waals surface area contributed by atoms with Gasteiger partial charge in [-0.3, -0.25) is 4.99 Å². The number of nitrogens with zero attached hydrogens (tertiary/aromatic N) is 2. The minimum atomic E-state index is 0.0486. The van der Waals surface area contributed by atoms with Gasteiger partial charge in [0.25, 0.3) is 0 Å². The lowest BCUT2D eigenvalue weighted by atomic mass is 9.93. The lowest BCUT2D eigenvalue weighted by molar-refractivity contribution is 0.304. The summed E-state index contributed by atoms with van der Waals surface area (Å²) in [6, 6.07) is 42.9. The average molecular weight is 389 g/mol. The standard InChI is InChI=1S/C28H24N2/c1-5-13-22(14-6-1)21-30-27(24-17-9-3-10-18-24)26(23-15-7-2-8-16-23)29-28(30)25-19-11-4-12-20-25/h1-20,26-27H,21H2/t26-,27-/m1/s1. The molecule has 0 fully saturated rings. The maximum absolute atomic E-state index is 5.31. The molecule has 0 bridgehead atoms. The van der Waals surface area contributed by atoms with Crippen LogP contribution >= 0.6 is 0 Å². The van der Waals surface area contributed by atoms with Crippen molar-refractivity contribution in [2.24, 2.45) is 4.99 Å². The molecule has 0 saturated carbocycles. The van der Waals surface area contributed by atoms with E-state index in [1.54, 1.807) is 0 Å². The van der Waals surface area contributed by atoms with Crippen molar-refractivity contribution in [2.75, 3.05) is 0 Å². The topological polar surface area (TPSA) is 15.6 Å². The van der Waals surface area contributed by atoms with E-state index < -0.39 is 0 Å². The van der Waals surface area contributed by atoms with Crippen molar-refractivity contribution < 1.29 is 0 Å². The Balaban J connectivity index is 1.65. The van der Waals surface area contributed by atoms with Crippen molar-refractivity contribution in [3.8, 4) is 0 Å². The first-order valence-electron chi connectivity index (χ1n) is 10.4. The first-order chi connectivity index (χ1) is 14.9. The van der Waals surface area contributed by atoms with Crippen LogP contribution in [0.1, 0.15) is 34.3 Å². The van der Waals surface area contributed by atoms with Crippen molar-refractivity contribution in [3.05, 3.63) is 144 Å². The molecule has 0 unspecified atom stereocenters. The number of rotatable bonds is 5. The van der Waals surface area contributed by atoms with Crippen LogP contribution in [0.15, 0.2) is 126 Å². The van der Waals surface area contributed by atoms with E-state index in [0.717, 1.165) is 17.9 Å². The molecule has 4 aromatic carbocycles. The zero-order valence-corrected chi connectivity index (χ0v) is 16.8. The van der Waals surface area contributed by atoms with Gasteiger partial charge < -0.3 is 4.90 Å². The summed E-state index contributed by atoms with van der Waals surface area (Å²) in [5.41, 5.74) is 4.98. The summed E-state index contributed by atoms with van der Waals surface area (Å²) in [4.78, 5) is 7.78. The van der Waals surface area contributed by atoms with Crippen LogP contribution in [-0.2, 0) is 6.54 Å². The Morgan fingerprint density at radius 3 is 1.67 bits per heavy atom. The van der Waals surface area contributed by atoms with Gasteiger partial charge in [-0.05, 0) is 16.7 Å². The number of aliphatic imine (C=N–C) groups is 1. The van der Waals surface area contributed by atoms with Crippen LogP contribution in [0.2, 0.25) is 0 Å². The molecule has 0 radical (unpaired) electrons. The van der Waals surface area contributed by atoms with Crippen molar-refractivity contribution in [2.45, 2.75) is 18.6 Å². The van der Waals surface area contributed by atoms with E-state index in [-0.39, 0.29) is 12.1 Å². The number of hydrogen-bond donors (Lipinski definition) is 0. The van der Waals surface area contributed by atoms with E-state index in [9.17, 15) is 0 Å². The van der Waals surface area contributed by atoms with Gasteiger partial charge in [-0.15, -0.1) is 0 Å². The SMILES string of the molecule is c1ccc(CN2C(c3ccccc3)=N[C@H](c3ccccc3)[C@H]2c2ccccc2)cc1. The van der Waals surface area contributed by atoms with Crippen molar-refractivity contribution in [3.63, 3.8) is 0 Å². The Morgan fingerprint density at radius 1 is 0.567 bits per heavy atom. The molecule has 1 heterocycles. The molecule has 4 aromatic rings. The lowest BCUT2D eigenvalue weighted by Gasteiger charge is -2.31. The fourth-order valence-electron chi connectivity index (χ4n) is 4.28. The fraction of sp³-hybridized carbons (Fsp3) is 0.107. The van der Waals surface area contributed by atoms with Crippen LogP contribution in [0.25, 0.3) is 0 Å². The molecule has 146 valence electrons. The van der Waals surface area contributed by atoms with E-state index in [0.29, 0.717) is 0 Å². The summed E-state index contributed by atoms with van der Waals surface area (Å²) in [7, 11) is 0. The van der Waals surface area contributed by atoms with Crippen molar-refractivity contribution >= 4 is 5.84 Å². The maximum atomic E-state index is 5.31. The van der Waals surface area contributed by atoms with E-state index in [1.807, 2.05) is 0 Å². The van der Waals surface area contributed by atoms with Crippen LogP contribution < -0.4 is 0 Å². The average Bonchev–Trinajstić information content (AvgIpc) is 3.20. The van der Waals surface area contributed by atoms with Gasteiger partial charge in [-0.1, -0.05) is 121 Å². The molecule has 0 N–H and O–H groups in total. The maximum Gasteiger partial charge on any atom is 0.132 e. The largest absolute Gasteiger partial charge is 0.343 e. The summed E-state index contributed by atoms with van der Waals surface area (Å²) in [5.74, 6) is 1.06. The van der Waals surface area contributed by atoms with E-state index in [4.69, 9.17) is 4.99 Å². The number of benzene rings is 4. The first-order valence-corrected chi connectivity index (χ1v) is 10.4. The van der Waals surface area contributed by atoms with Crippen molar-refractivity contribution in [1.29, 1.82) is 0 Å². The lowest BCUT2D eigenvalue weighted by Crippen LogP contribution is -2.31. The zero-order chi connectivity index (χ0) is 20.2. The summed E-state index contributed by atoms with van der Waals surface area (Å²) in [6.07, 6.45) is 0. The molecule has 30 heavy (non-hydrogen) atoms. The second-order valence-corrected chi connectivity index (χ2v) is 7.64. The molecule has 1 aliphatic heterocycles. The van der Waals surface area contributed by atoms with Gasteiger partial charge >= 0.3 is 0 Å². The monoisotopic (exact) mass is 388 g/mol. The summed E-state index contributed by atoms with van der Waals surface area (Å²) >= 11 is 0. The minimum Gasteiger partial charge on any atom is -0.343 e. The minimum absolute atomic E-state index is 0.0486. The Labute approximate surface area is 178 Å². The van der Waals surface area contributed by atoms with Gasteiger partial charge in [0.1, 0.15) is 11.9 Å². The molecule has 2 atom stereocenters. The molecular weight excluding hydrogens is 364 g/mol. The quantitative estimate of drug-likeness (QED) is 0.384. The number of hydrogen-bond acceptors (Lipinski definition) is 2. The zero-order valence-electron chi connectivity index (χ0n) is 16.8. The molecule has 2 heteroatoms. The molecule has 0 aromatic heterocycles. The highest BCUT2D eigenvalue weighted by Gasteiger charge is 2.38. The van der Waals surface area contributed by atoms with E-state index in [2.05, 4.69) is 126 Å². The smallest absolute Gasteiger partial charge is 0.132 e. The van der Waals surface area contributed by atoms with Gasteiger partial charge in [-0.2, -0.15) is 0 Å². The van der Waals surface area contributed by atoms with Gasteiger partial charge in [0, 0.05) is 12.1 Å². The van der Waals surface area contributed by atoms with Crippen LogP contribution in [0.4, 0.5) is 0 Å². The Bertz CT molecular complexity index is 1110. The van der Waals surface area contributed by atoms with Crippen LogP contribution in [-0.4, -0.2) is 10.7 Å². The fourth-order valence-corrected chi connectivity index (χ4v) is 4.28. The highest BCUT2D eigenvalue weighted by atomic mass is 15.3. The third kappa shape index (κ3) is 3.65. The second kappa shape index (κ2) is 8.38. The Kier molecular flexibility index (Phi) is 5.14. The van der Waals surface area contributed by atoms with Crippen molar-refractivity contribution in [1.82, 2.24) is 4.90 Å². The Hall–Kier alpha value is -3.65. The molecule has 0 spiro atoms. The van der Waals surface area contributed by atoms with Crippen LogP contribution in [0.5, 0.6) is 0 Å². The van der Waals surface area contributed by atoms with Gasteiger partial charge in [0.05, 0.1) is 6.04 Å². The Morgan fingerprint density at radius 2 is 1.07 bits per heavy atom. The molecule has 2 nitrogen and oxygen atoms in total. The molecule has 1 aliphatic rings. The van der Waals surface area contributed by atoms with E-state index in [1.165, 1.54) is 16.7 Å². The highest BCUT2D eigenvalue weighted by Crippen LogP contribution is 2.44. The highest BCUT2D eigenvalue weighted by molar-refractivity contribution is 6.00. The number of amidine groups is 1. The predicted octanol–water partition coefficient (Wildman–Crippen LogP) is 6.43. The summed E-state index contributed by atoms with van der Waals surface area (Å²) in [6.45, 7) is 0.817. The molecule has 0 amide bonds. The third-order valence-corrected chi connectivity index (χ3v) is 5.68. The van der Waals surface area contributed by atoms with Gasteiger partial charge in [0.15, 0.2) is 0 Å². The van der Waals surface area contributed by atoms with Crippen LogP contribution in [0.3, 0.4) is 0 Å². The van der Waals surface area contributed by atoms with Gasteiger partial charge in [-0.25, -0.2) is 0 Å². The molecule has 0 aliphatic carbocycles.